The molecule has 0 aliphatic heterocycles. The van der Waals surface area contributed by atoms with Crippen LogP contribution in [0.25, 0.3) is 10.1 Å². The molecule has 0 fully saturated rings. The normalized spacial score (nSPS) is 10.8. The zero-order chi connectivity index (χ0) is 14.1. The molecule has 0 aliphatic rings. The highest BCUT2D eigenvalue weighted by atomic mass is 35.5. The van der Waals surface area contributed by atoms with Gasteiger partial charge in [0.05, 0.1) is 12.2 Å². The minimum atomic E-state index is -0.185. The molecule has 102 valence electrons. The minimum Gasteiger partial charge on any atom is -0.397 e. The molecule has 1 aromatic carbocycles. The van der Waals surface area contributed by atoms with E-state index in [0.29, 0.717) is 22.1 Å². The van der Waals surface area contributed by atoms with Crippen LogP contribution in [-0.4, -0.2) is 10.9 Å². The highest BCUT2D eigenvalue weighted by Gasteiger charge is 2.16. The first kappa shape index (κ1) is 13.4. The van der Waals surface area contributed by atoms with E-state index in [1.807, 2.05) is 11.4 Å². The van der Waals surface area contributed by atoms with E-state index < -0.39 is 0 Å². The molecular weight excluding hydrogens is 314 g/mol. The van der Waals surface area contributed by atoms with E-state index in [4.69, 9.17) is 17.3 Å². The summed E-state index contributed by atoms with van der Waals surface area (Å²) in [6, 6.07) is 5.44. The summed E-state index contributed by atoms with van der Waals surface area (Å²) in [6.45, 7) is 0.408. The van der Waals surface area contributed by atoms with Crippen molar-refractivity contribution in [2.45, 2.75) is 6.54 Å². The summed E-state index contributed by atoms with van der Waals surface area (Å²) in [5.41, 5.74) is 6.51. The molecule has 3 rings (SSSR count). The smallest absolute Gasteiger partial charge is 0.263 e. The van der Waals surface area contributed by atoms with Crippen molar-refractivity contribution in [1.29, 1.82) is 0 Å². The lowest BCUT2D eigenvalue weighted by atomic mass is 10.2. The third-order valence-electron chi connectivity index (χ3n) is 2.78. The van der Waals surface area contributed by atoms with Crippen molar-refractivity contribution in [2.24, 2.45) is 0 Å². The maximum absolute atomic E-state index is 12.2. The molecule has 0 saturated carbocycles. The Morgan fingerprint density at radius 3 is 3.05 bits per heavy atom. The van der Waals surface area contributed by atoms with E-state index in [9.17, 15) is 4.79 Å². The van der Waals surface area contributed by atoms with Crippen molar-refractivity contribution < 1.29 is 4.79 Å². The van der Waals surface area contributed by atoms with Gasteiger partial charge in [0.15, 0.2) is 0 Å². The first-order chi connectivity index (χ1) is 9.65. The number of anilines is 1. The van der Waals surface area contributed by atoms with E-state index in [2.05, 4.69) is 10.3 Å². The Bertz CT molecular complexity index is 767. The number of fused-ring (bicyclic) bond motifs is 1. The van der Waals surface area contributed by atoms with E-state index in [1.165, 1.54) is 22.7 Å². The van der Waals surface area contributed by atoms with Crippen molar-refractivity contribution in [1.82, 2.24) is 10.3 Å². The Morgan fingerprint density at radius 1 is 1.45 bits per heavy atom. The van der Waals surface area contributed by atoms with Gasteiger partial charge in [-0.3, -0.25) is 4.79 Å². The first-order valence-electron chi connectivity index (χ1n) is 5.79. The molecule has 7 heteroatoms. The predicted molar refractivity (Wildman–Crippen MR) is 84.5 cm³/mol. The summed E-state index contributed by atoms with van der Waals surface area (Å²) < 4.78 is 0.950. The SMILES string of the molecule is Nc1c(C(=O)NCc2nccs2)sc2ccc(Cl)cc12. The highest BCUT2D eigenvalue weighted by molar-refractivity contribution is 7.21. The molecule has 0 bridgehead atoms. The van der Waals surface area contributed by atoms with E-state index in [0.717, 1.165) is 15.1 Å². The third-order valence-corrected chi connectivity index (χ3v) is 4.98. The van der Waals surface area contributed by atoms with Crippen LogP contribution in [0.3, 0.4) is 0 Å². The number of halogens is 1. The van der Waals surface area contributed by atoms with Gasteiger partial charge in [-0.25, -0.2) is 4.98 Å². The van der Waals surface area contributed by atoms with Crippen molar-refractivity contribution in [3.63, 3.8) is 0 Å². The van der Waals surface area contributed by atoms with Crippen LogP contribution in [0.2, 0.25) is 5.02 Å². The fourth-order valence-electron chi connectivity index (χ4n) is 1.83. The molecule has 1 amide bonds. The summed E-state index contributed by atoms with van der Waals surface area (Å²) >= 11 is 8.82. The molecule has 0 radical (unpaired) electrons. The number of aromatic nitrogens is 1. The number of hydrogen-bond donors (Lipinski definition) is 2. The second-order valence-electron chi connectivity index (χ2n) is 4.09. The number of nitrogen functional groups attached to an aromatic ring is 1. The Kier molecular flexibility index (Phi) is 3.60. The van der Waals surface area contributed by atoms with E-state index >= 15 is 0 Å². The number of thiazole rings is 1. The first-order valence-corrected chi connectivity index (χ1v) is 7.86. The lowest BCUT2D eigenvalue weighted by Gasteiger charge is -2.01. The number of thiophene rings is 1. The van der Waals surface area contributed by atoms with Crippen molar-refractivity contribution in [2.75, 3.05) is 5.73 Å². The number of rotatable bonds is 3. The van der Waals surface area contributed by atoms with Gasteiger partial charge in [0.2, 0.25) is 0 Å². The fourth-order valence-corrected chi connectivity index (χ4v) is 3.58. The standard InChI is InChI=1S/C13H10ClN3OS2/c14-7-1-2-9-8(5-7)11(15)12(20-9)13(18)17-6-10-16-3-4-19-10/h1-5H,6,15H2,(H,17,18). The second kappa shape index (κ2) is 5.40. The van der Waals surface area contributed by atoms with Crippen LogP contribution in [0.15, 0.2) is 29.8 Å². The number of benzene rings is 1. The molecule has 0 aliphatic carbocycles. The molecule has 3 N–H and O–H groups in total. The zero-order valence-corrected chi connectivity index (χ0v) is 12.6. The third kappa shape index (κ3) is 2.49. The van der Waals surface area contributed by atoms with Gasteiger partial charge < -0.3 is 11.1 Å². The summed E-state index contributed by atoms with van der Waals surface area (Å²) in [7, 11) is 0. The zero-order valence-electron chi connectivity index (χ0n) is 10.2. The number of carbonyl (C=O) groups excluding carboxylic acids is 1. The Labute approximate surface area is 128 Å². The van der Waals surface area contributed by atoms with Crippen LogP contribution >= 0.6 is 34.3 Å². The second-order valence-corrected chi connectivity index (χ2v) is 6.56. The fraction of sp³-hybridized carbons (Fsp3) is 0.0769. The average molecular weight is 324 g/mol. The predicted octanol–water partition coefficient (Wildman–Crippen LogP) is 3.52. The van der Waals surface area contributed by atoms with Gasteiger partial charge in [-0.1, -0.05) is 11.6 Å². The number of nitrogens with two attached hydrogens (primary N) is 1. The molecule has 0 saturated heterocycles. The molecular formula is C13H10ClN3OS2. The lowest BCUT2D eigenvalue weighted by molar-refractivity contribution is 0.0956. The van der Waals surface area contributed by atoms with Crippen molar-refractivity contribution >= 4 is 56.0 Å². The minimum absolute atomic E-state index is 0.185. The number of hydrogen-bond acceptors (Lipinski definition) is 5. The van der Waals surface area contributed by atoms with Crippen LogP contribution in [0.4, 0.5) is 5.69 Å². The Morgan fingerprint density at radius 2 is 2.30 bits per heavy atom. The van der Waals surface area contributed by atoms with Gasteiger partial charge >= 0.3 is 0 Å². The highest BCUT2D eigenvalue weighted by Crippen LogP contribution is 2.35. The molecule has 0 unspecified atom stereocenters. The number of amides is 1. The largest absolute Gasteiger partial charge is 0.397 e. The topological polar surface area (TPSA) is 68.0 Å². The number of nitrogens with zero attached hydrogens (tertiary/aromatic N) is 1. The summed E-state index contributed by atoms with van der Waals surface area (Å²) in [5.74, 6) is -0.185. The summed E-state index contributed by atoms with van der Waals surface area (Å²) in [6.07, 6.45) is 1.71. The van der Waals surface area contributed by atoms with Gasteiger partial charge in [-0.15, -0.1) is 22.7 Å². The van der Waals surface area contributed by atoms with Gasteiger partial charge in [0.25, 0.3) is 5.91 Å². The maximum atomic E-state index is 12.2. The number of nitrogens with one attached hydrogen (secondary N) is 1. The molecule has 20 heavy (non-hydrogen) atoms. The van der Waals surface area contributed by atoms with E-state index in [-0.39, 0.29) is 5.91 Å². The van der Waals surface area contributed by atoms with Gasteiger partial charge in [-0.05, 0) is 18.2 Å². The summed E-state index contributed by atoms with van der Waals surface area (Å²) in [5, 5.41) is 6.99. The Hall–Kier alpha value is -1.63. The van der Waals surface area contributed by atoms with Crippen molar-refractivity contribution in [3.05, 3.63) is 44.7 Å². The van der Waals surface area contributed by atoms with Gasteiger partial charge in [-0.2, -0.15) is 0 Å². The maximum Gasteiger partial charge on any atom is 0.263 e. The van der Waals surface area contributed by atoms with E-state index in [1.54, 1.807) is 18.3 Å². The monoisotopic (exact) mass is 323 g/mol. The van der Waals surface area contributed by atoms with Gasteiger partial charge in [0, 0.05) is 26.7 Å². The van der Waals surface area contributed by atoms with Crippen LogP contribution in [-0.2, 0) is 6.54 Å². The number of carbonyl (C=O) groups is 1. The quantitative estimate of drug-likeness (QED) is 0.775. The van der Waals surface area contributed by atoms with Crippen LogP contribution < -0.4 is 11.1 Å². The molecule has 3 aromatic rings. The van der Waals surface area contributed by atoms with Crippen molar-refractivity contribution in [3.8, 4) is 0 Å². The van der Waals surface area contributed by atoms with Crippen LogP contribution in [0.5, 0.6) is 0 Å². The molecule has 0 atom stereocenters. The average Bonchev–Trinajstić information content (AvgIpc) is 3.05. The van der Waals surface area contributed by atoms with Crippen LogP contribution in [0.1, 0.15) is 14.7 Å². The summed E-state index contributed by atoms with van der Waals surface area (Å²) in [4.78, 5) is 16.8. The van der Waals surface area contributed by atoms with Crippen LogP contribution in [0, 0.1) is 0 Å². The molecule has 0 spiro atoms. The Balaban J connectivity index is 1.86. The lowest BCUT2D eigenvalue weighted by Crippen LogP contribution is -2.22. The molecule has 2 aromatic heterocycles. The van der Waals surface area contributed by atoms with Gasteiger partial charge in [0.1, 0.15) is 9.88 Å². The molecule has 2 heterocycles. The molecule has 4 nitrogen and oxygen atoms in total.